The first-order valence-electron chi connectivity index (χ1n) is 11.4. The molecule has 1 aromatic carbocycles. The number of carbonyl (C=O) groups is 1. The summed E-state index contributed by atoms with van der Waals surface area (Å²) < 4.78 is 11.3. The molecule has 6 heteroatoms. The molecule has 1 aliphatic heterocycles. The molecule has 0 spiro atoms. The van der Waals surface area contributed by atoms with Crippen LogP contribution in [0.2, 0.25) is 0 Å². The lowest BCUT2D eigenvalue weighted by atomic mass is 9.98. The number of hydrogen-bond donors (Lipinski definition) is 1. The second-order valence-corrected chi connectivity index (χ2v) is 8.65. The quantitative estimate of drug-likeness (QED) is 0.563. The van der Waals surface area contributed by atoms with Crippen molar-refractivity contribution in [2.45, 2.75) is 25.8 Å². The van der Waals surface area contributed by atoms with Crippen molar-refractivity contribution in [3.05, 3.63) is 84.1 Å². The number of amides is 1. The van der Waals surface area contributed by atoms with Gasteiger partial charge < -0.3 is 19.0 Å². The second kappa shape index (κ2) is 11.0. The van der Waals surface area contributed by atoms with E-state index in [9.17, 15) is 4.79 Å². The molecule has 0 bridgehead atoms. The van der Waals surface area contributed by atoms with E-state index in [4.69, 9.17) is 9.15 Å². The molecule has 32 heavy (non-hydrogen) atoms. The zero-order valence-corrected chi connectivity index (χ0v) is 18.7. The number of hydrogen-bond acceptors (Lipinski definition) is 4. The van der Waals surface area contributed by atoms with E-state index < -0.39 is 0 Å². The fourth-order valence-electron chi connectivity index (χ4n) is 4.18. The van der Waals surface area contributed by atoms with Gasteiger partial charge in [-0.2, -0.15) is 0 Å². The SMILES string of the molecule is C[NH+](CCc1ccccn1)Cc1ccc(OCC2CCCN(C(=O)c3ccco3)C2)cc1. The molecule has 3 aromatic rings. The summed E-state index contributed by atoms with van der Waals surface area (Å²) in [6, 6.07) is 17.9. The molecule has 1 fully saturated rings. The van der Waals surface area contributed by atoms with Crippen molar-refractivity contribution < 1.29 is 18.8 Å². The van der Waals surface area contributed by atoms with Gasteiger partial charge in [-0.05, 0) is 61.4 Å². The van der Waals surface area contributed by atoms with Crippen LogP contribution in [-0.2, 0) is 13.0 Å². The van der Waals surface area contributed by atoms with E-state index in [0.717, 1.165) is 50.3 Å². The summed E-state index contributed by atoms with van der Waals surface area (Å²) in [5.74, 6) is 1.60. The fraction of sp³-hybridized carbons (Fsp3) is 0.385. The summed E-state index contributed by atoms with van der Waals surface area (Å²) in [7, 11) is 2.21. The lowest BCUT2D eigenvalue weighted by Crippen LogP contribution is -3.07. The largest absolute Gasteiger partial charge is 0.493 e. The first kappa shape index (κ1) is 22.1. The van der Waals surface area contributed by atoms with E-state index in [-0.39, 0.29) is 5.91 Å². The van der Waals surface area contributed by atoms with Gasteiger partial charge in [0.25, 0.3) is 5.91 Å². The highest BCUT2D eigenvalue weighted by Gasteiger charge is 2.26. The van der Waals surface area contributed by atoms with Gasteiger partial charge >= 0.3 is 0 Å². The van der Waals surface area contributed by atoms with Gasteiger partial charge in [-0.1, -0.05) is 6.07 Å². The summed E-state index contributed by atoms with van der Waals surface area (Å²) in [5.41, 5.74) is 2.44. The Bertz CT molecular complexity index is 958. The number of nitrogens with zero attached hydrogens (tertiary/aromatic N) is 2. The molecule has 0 saturated carbocycles. The number of furan rings is 1. The predicted octanol–water partition coefficient (Wildman–Crippen LogP) is 2.86. The molecular weight excluding hydrogens is 402 g/mol. The molecule has 1 saturated heterocycles. The topological polar surface area (TPSA) is 60.0 Å². The Morgan fingerprint density at radius 1 is 1.19 bits per heavy atom. The van der Waals surface area contributed by atoms with Crippen molar-refractivity contribution in [2.24, 2.45) is 5.92 Å². The molecule has 1 amide bonds. The van der Waals surface area contributed by atoms with Crippen LogP contribution < -0.4 is 9.64 Å². The van der Waals surface area contributed by atoms with Crippen molar-refractivity contribution in [2.75, 3.05) is 33.3 Å². The van der Waals surface area contributed by atoms with Gasteiger partial charge in [-0.3, -0.25) is 9.78 Å². The van der Waals surface area contributed by atoms with Gasteiger partial charge in [-0.25, -0.2) is 0 Å². The molecule has 2 atom stereocenters. The average molecular weight is 435 g/mol. The summed E-state index contributed by atoms with van der Waals surface area (Å²) in [5, 5.41) is 0. The third kappa shape index (κ3) is 6.20. The van der Waals surface area contributed by atoms with Crippen molar-refractivity contribution in [1.29, 1.82) is 0 Å². The normalized spacial score (nSPS) is 17.2. The van der Waals surface area contributed by atoms with Crippen LogP contribution in [0.1, 0.15) is 34.7 Å². The van der Waals surface area contributed by atoms with Crippen molar-refractivity contribution in [1.82, 2.24) is 9.88 Å². The van der Waals surface area contributed by atoms with E-state index in [1.54, 1.807) is 18.4 Å². The Labute approximate surface area is 189 Å². The highest BCUT2D eigenvalue weighted by Crippen LogP contribution is 2.21. The minimum atomic E-state index is -0.0290. The number of nitrogens with one attached hydrogen (secondary N) is 1. The summed E-state index contributed by atoms with van der Waals surface area (Å²) in [6.45, 7) is 4.13. The maximum atomic E-state index is 12.5. The minimum Gasteiger partial charge on any atom is -0.493 e. The van der Waals surface area contributed by atoms with Gasteiger partial charge in [0, 0.05) is 42.9 Å². The Hall–Kier alpha value is -3.12. The maximum absolute atomic E-state index is 12.5. The van der Waals surface area contributed by atoms with Crippen LogP contribution in [0, 0.1) is 5.92 Å². The number of piperidine rings is 1. The Kier molecular flexibility index (Phi) is 7.56. The lowest BCUT2D eigenvalue weighted by Gasteiger charge is -2.32. The first-order valence-corrected chi connectivity index (χ1v) is 11.4. The van der Waals surface area contributed by atoms with Crippen LogP contribution in [0.5, 0.6) is 5.75 Å². The van der Waals surface area contributed by atoms with Crippen LogP contribution in [0.3, 0.4) is 0 Å². The van der Waals surface area contributed by atoms with E-state index >= 15 is 0 Å². The third-order valence-electron chi connectivity index (χ3n) is 5.99. The fourth-order valence-corrected chi connectivity index (χ4v) is 4.18. The Balaban J connectivity index is 1.21. The standard InChI is InChI=1S/C26H31N3O3/c1-28(16-13-23-7-2-3-14-27-23)18-21-9-11-24(12-10-21)32-20-22-6-4-15-29(19-22)26(30)25-8-5-17-31-25/h2-3,5,7-12,14,17,22H,4,6,13,15-16,18-20H2,1H3/p+1. The molecule has 2 aromatic heterocycles. The molecule has 0 radical (unpaired) electrons. The summed E-state index contributed by atoms with van der Waals surface area (Å²) in [6.07, 6.45) is 6.44. The van der Waals surface area contributed by atoms with Crippen LogP contribution in [0.4, 0.5) is 0 Å². The number of likely N-dealkylation sites (tertiary alicyclic amines) is 1. The number of carbonyl (C=O) groups excluding carboxylic acids is 1. The number of benzene rings is 1. The first-order chi connectivity index (χ1) is 15.7. The Morgan fingerprint density at radius 2 is 2.06 bits per heavy atom. The highest BCUT2D eigenvalue weighted by atomic mass is 16.5. The van der Waals surface area contributed by atoms with Crippen molar-refractivity contribution in [3.63, 3.8) is 0 Å². The predicted molar refractivity (Wildman–Crippen MR) is 123 cm³/mol. The molecule has 3 heterocycles. The Morgan fingerprint density at radius 3 is 2.81 bits per heavy atom. The van der Waals surface area contributed by atoms with Gasteiger partial charge in [0.2, 0.25) is 0 Å². The number of rotatable bonds is 9. The monoisotopic (exact) mass is 434 g/mol. The molecule has 0 aliphatic carbocycles. The van der Waals surface area contributed by atoms with E-state index in [1.165, 1.54) is 10.5 Å². The minimum absolute atomic E-state index is 0.0290. The maximum Gasteiger partial charge on any atom is 0.289 e. The van der Waals surface area contributed by atoms with Gasteiger partial charge in [0.05, 0.1) is 26.5 Å². The smallest absolute Gasteiger partial charge is 0.289 e. The summed E-state index contributed by atoms with van der Waals surface area (Å²) in [4.78, 5) is 20.2. The zero-order valence-electron chi connectivity index (χ0n) is 18.7. The van der Waals surface area contributed by atoms with Crippen molar-refractivity contribution >= 4 is 5.91 Å². The van der Waals surface area contributed by atoms with Crippen molar-refractivity contribution in [3.8, 4) is 5.75 Å². The number of pyridine rings is 1. The second-order valence-electron chi connectivity index (χ2n) is 8.65. The van der Waals surface area contributed by atoms with Gasteiger partial charge in [-0.15, -0.1) is 0 Å². The molecule has 1 N–H and O–H groups in total. The van der Waals surface area contributed by atoms with Crippen LogP contribution >= 0.6 is 0 Å². The van der Waals surface area contributed by atoms with Crippen LogP contribution in [0.25, 0.3) is 0 Å². The number of aromatic nitrogens is 1. The number of likely N-dealkylation sites (N-methyl/N-ethyl adjacent to an activating group) is 1. The van der Waals surface area contributed by atoms with Gasteiger partial charge in [0.1, 0.15) is 12.3 Å². The zero-order chi connectivity index (χ0) is 22.2. The highest BCUT2D eigenvalue weighted by molar-refractivity contribution is 5.91. The van der Waals surface area contributed by atoms with E-state index in [0.29, 0.717) is 24.8 Å². The molecule has 1 aliphatic rings. The van der Waals surface area contributed by atoms with Crippen LogP contribution in [-0.4, -0.2) is 49.1 Å². The number of ether oxygens (including phenoxy) is 1. The average Bonchev–Trinajstić information content (AvgIpc) is 3.38. The third-order valence-corrected chi connectivity index (χ3v) is 5.99. The molecule has 4 rings (SSSR count). The summed E-state index contributed by atoms with van der Waals surface area (Å²) >= 11 is 0. The van der Waals surface area contributed by atoms with E-state index in [1.807, 2.05) is 23.2 Å². The lowest BCUT2D eigenvalue weighted by molar-refractivity contribution is -0.893. The van der Waals surface area contributed by atoms with Crippen LogP contribution in [0.15, 0.2) is 71.5 Å². The van der Waals surface area contributed by atoms with E-state index in [2.05, 4.69) is 42.4 Å². The molecule has 168 valence electrons. The molecule has 2 unspecified atom stereocenters. The van der Waals surface area contributed by atoms with Gasteiger partial charge in [0.15, 0.2) is 5.76 Å². The number of quaternary nitrogens is 1. The molecular formula is C26H32N3O3+. The molecule has 6 nitrogen and oxygen atoms in total.